The molecule has 206 valence electrons. The first kappa shape index (κ1) is 29.0. The number of aromatic nitrogens is 3. The van der Waals surface area contributed by atoms with Crippen molar-refractivity contribution in [2.75, 3.05) is 5.32 Å². The Balaban J connectivity index is 1.82. The van der Waals surface area contributed by atoms with Gasteiger partial charge in [0.2, 0.25) is 5.91 Å². The van der Waals surface area contributed by atoms with Crippen molar-refractivity contribution in [3.63, 3.8) is 0 Å². The average molecular weight is 540 g/mol. The van der Waals surface area contributed by atoms with Crippen molar-refractivity contribution in [3.8, 4) is 28.8 Å². The summed E-state index contributed by atoms with van der Waals surface area (Å²) in [5.41, 5.74) is 5.20. The summed E-state index contributed by atoms with van der Waals surface area (Å²) in [5.74, 6) is -2.49. The number of halogens is 1. The molecule has 0 aliphatic carbocycles. The first-order chi connectivity index (χ1) is 18.4. The van der Waals surface area contributed by atoms with Crippen molar-refractivity contribution >= 4 is 23.8 Å². The van der Waals surface area contributed by atoms with Gasteiger partial charge in [-0.05, 0) is 57.5 Å². The molecule has 0 aliphatic rings. The number of hydrogen-bond donors (Lipinski definition) is 2. The van der Waals surface area contributed by atoms with Crippen LogP contribution in [0.2, 0.25) is 0 Å². The standard InChI is InChI=1S/C27H30FN5O6/c1-5-6-7-8-21(34)38-25-23(33-26(36)39-27(2,3)4)30-15-20(32-25)16-9-11-18(12-10-16)37-24-19(28)13-17(14-31-24)22(29)35/h9-15H,5-8H2,1-4H3,(H2,29,35)(H,30,33,36). The van der Waals surface area contributed by atoms with Gasteiger partial charge in [-0.1, -0.05) is 19.8 Å². The predicted octanol–water partition coefficient (Wildman–Crippen LogP) is 5.40. The fourth-order valence-corrected chi connectivity index (χ4v) is 3.19. The van der Waals surface area contributed by atoms with Crippen molar-refractivity contribution in [2.24, 2.45) is 5.73 Å². The van der Waals surface area contributed by atoms with Crippen molar-refractivity contribution in [2.45, 2.75) is 59.0 Å². The number of esters is 1. The Morgan fingerprint density at radius 1 is 1.03 bits per heavy atom. The number of nitrogens with zero attached hydrogens (tertiary/aromatic N) is 3. The van der Waals surface area contributed by atoms with E-state index in [1.54, 1.807) is 45.0 Å². The first-order valence-corrected chi connectivity index (χ1v) is 12.3. The van der Waals surface area contributed by atoms with Crippen molar-refractivity contribution in [1.29, 1.82) is 0 Å². The lowest BCUT2D eigenvalue weighted by Gasteiger charge is -2.20. The highest BCUT2D eigenvalue weighted by atomic mass is 19.1. The Labute approximate surface area is 224 Å². The summed E-state index contributed by atoms with van der Waals surface area (Å²) in [6.45, 7) is 7.16. The van der Waals surface area contributed by atoms with Crippen molar-refractivity contribution in [1.82, 2.24) is 15.0 Å². The summed E-state index contributed by atoms with van der Waals surface area (Å²) in [4.78, 5) is 48.2. The molecule has 0 spiro atoms. The van der Waals surface area contributed by atoms with Crippen LogP contribution in [0.1, 0.15) is 63.7 Å². The normalized spacial score (nSPS) is 11.0. The number of anilines is 1. The molecule has 0 atom stereocenters. The molecular formula is C27H30FN5O6. The maximum Gasteiger partial charge on any atom is 0.413 e. The Bertz CT molecular complexity index is 1340. The highest BCUT2D eigenvalue weighted by molar-refractivity contribution is 5.92. The lowest BCUT2D eigenvalue weighted by Crippen LogP contribution is -2.28. The topological polar surface area (TPSA) is 156 Å². The van der Waals surface area contributed by atoms with E-state index in [1.165, 1.54) is 6.20 Å². The molecule has 3 N–H and O–H groups in total. The molecule has 11 nitrogen and oxygen atoms in total. The van der Waals surface area contributed by atoms with E-state index in [9.17, 15) is 18.8 Å². The predicted molar refractivity (Wildman–Crippen MR) is 140 cm³/mol. The Kier molecular flexibility index (Phi) is 9.47. The molecule has 2 heterocycles. The summed E-state index contributed by atoms with van der Waals surface area (Å²) < 4.78 is 30.4. The number of primary amides is 1. The second kappa shape index (κ2) is 12.8. The van der Waals surface area contributed by atoms with E-state index in [4.69, 9.17) is 19.9 Å². The highest BCUT2D eigenvalue weighted by Crippen LogP contribution is 2.29. The Morgan fingerprint density at radius 2 is 1.74 bits per heavy atom. The van der Waals surface area contributed by atoms with Gasteiger partial charge < -0.3 is 19.9 Å². The number of unbranched alkanes of at least 4 members (excludes halogenated alkanes) is 2. The number of amides is 2. The van der Waals surface area contributed by atoms with E-state index in [2.05, 4.69) is 20.3 Å². The summed E-state index contributed by atoms with van der Waals surface area (Å²) in [6.07, 6.45) is 4.37. The number of nitrogens with one attached hydrogen (secondary N) is 1. The number of rotatable bonds is 10. The van der Waals surface area contributed by atoms with Gasteiger partial charge in [0.15, 0.2) is 11.6 Å². The zero-order chi connectivity index (χ0) is 28.6. The van der Waals surface area contributed by atoms with Crippen LogP contribution in [0.15, 0.2) is 42.7 Å². The van der Waals surface area contributed by atoms with Crippen LogP contribution in [0.4, 0.5) is 15.0 Å². The van der Waals surface area contributed by atoms with Gasteiger partial charge in [0.25, 0.3) is 11.8 Å². The lowest BCUT2D eigenvalue weighted by atomic mass is 10.1. The van der Waals surface area contributed by atoms with Crippen LogP contribution in [0.3, 0.4) is 0 Å². The molecule has 2 amide bonds. The van der Waals surface area contributed by atoms with E-state index in [-0.39, 0.29) is 35.3 Å². The van der Waals surface area contributed by atoms with Crippen LogP contribution in [0, 0.1) is 5.82 Å². The van der Waals surface area contributed by atoms with Gasteiger partial charge in [-0.15, -0.1) is 0 Å². The molecule has 0 radical (unpaired) electrons. The molecule has 0 saturated carbocycles. The molecule has 3 aromatic rings. The van der Waals surface area contributed by atoms with Gasteiger partial charge in [0.05, 0.1) is 17.5 Å². The molecule has 3 rings (SSSR count). The smallest absolute Gasteiger partial charge is 0.413 e. The molecule has 39 heavy (non-hydrogen) atoms. The van der Waals surface area contributed by atoms with E-state index in [0.29, 0.717) is 17.7 Å². The van der Waals surface area contributed by atoms with Gasteiger partial charge >= 0.3 is 12.1 Å². The molecule has 0 saturated heterocycles. The average Bonchev–Trinajstić information content (AvgIpc) is 2.85. The van der Waals surface area contributed by atoms with Crippen LogP contribution in [0.25, 0.3) is 11.3 Å². The quantitative estimate of drug-likeness (QED) is 0.254. The molecule has 2 aromatic heterocycles. The lowest BCUT2D eigenvalue weighted by molar-refractivity contribution is -0.134. The number of carbonyl (C=O) groups is 3. The number of benzene rings is 1. The monoisotopic (exact) mass is 539 g/mol. The summed E-state index contributed by atoms with van der Waals surface area (Å²) in [7, 11) is 0. The van der Waals surface area contributed by atoms with E-state index in [0.717, 1.165) is 25.1 Å². The molecule has 1 aromatic carbocycles. The number of hydrogen-bond acceptors (Lipinski definition) is 9. The summed E-state index contributed by atoms with van der Waals surface area (Å²) in [6, 6.07) is 7.28. The number of pyridine rings is 1. The van der Waals surface area contributed by atoms with E-state index >= 15 is 0 Å². The largest absolute Gasteiger partial charge is 0.444 e. The second-order valence-corrected chi connectivity index (χ2v) is 9.47. The van der Waals surface area contributed by atoms with Gasteiger partial charge in [0, 0.05) is 18.2 Å². The van der Waals surface area contributed by atoms with Crippen molar-refractivity contribution < 1.29 is 33.0 Å². The van der Waals surface area contributed by atoms with Crippen LogP contribution < -0.4 is 20.5 Å². The summed E-state index contributed by atoms with van der Waals surface area (Å²) in [5, 5.41) is 2.47. The fraction of sp³-hybridized carbons (Fsp3) is 0.333. The van der Waals surface area contributed by atoms with E-state index in [1.807, 2.05) is 6.92 Å². The zero-order valence-electron chi connectivity index (χ0n) is 22.1. The zero-order valence-corrected chi connectivity index (χ0v) is 22.1. The second-order valence-electron chi connectivity index (χ2n) is 9.47. The molecule has 0 fully saturated rings. The van der Waals surface area contributed by atoms with Crippen LogP contribution >= 0.6 is 0 Å². The highest BCUT2D eigenvalue weighted by Gasteiger charge is 2.21. The molecule has 0 aliphatic heterocycles. The number of nitrogens with two attached hydrogens (primary N) is 1. The van der Waals surface area contributed by atoms with E-state index < -0.39 is 29.4 Å². The Hall–Kier alpha value is -4.61. The van der Waals surface area contributed by atoms with Crippen LogP contribution in [-0.4, -0.2) is 38.5 Å². The SMILES string of the molecule is CCCCCC(=O)Oc1nc(-c2ccc(Oc3ncc(C(N)=O)cc3F)cc2)cnc1NC(=O)OC(C)(C)C. The summed E-state index contributed by atoms with van der Waals surface area (Å²) >= 11 is 0. The molecule has 0 bridgehead atoms. The third-order valence-corrected chi connectivity index (χ3v) is 5.01. The fourth-order valence-electron chi connectivity index (χ4n) is 3.19. The van der Waals surface area contributed by atoms with Crippen LogP contribution in [0.5, 0.6) is 17.5 Å². The number of ether oxygens (including phenoxy) is 3. The number of carbonyl (C=O) groups excluding carboxylic acids is 3. The molecule has 12 heteroatoms. The minimum atomic E-state index is -0.847. The van der Waals surface area contributed by atoms with Gasteiger partial charge in [-0.2, -0.15) is 0 Å². The maximum absolute atomic E-state index is 14.2. The van der Waals surface area contributed by atoms with Gasteiger partial charge in [-0.25, -0.2) is 24.1 Å². The van der Waals surface area contributed by atoms with Gasteiger partial charge in [0.1, 0.15) is 11.4 Å². The molecule has 0 unspecified atom stereocenters. The minimum Gasteiger partial charge on any atom is -0.444 e. The van der Waals surface area contributed by atoms with Crippen molar-refractivity contribution in [3.05, 3.63) is 54.1 Å². The maximum atomic E-state index is 14.2. The molecular weight excluding hydrogens is 509 g/mol. The minimum absolute atomic E-state index is 0.0715. The third-order valence-electron chi connectivity index (χ3n) is 5.01. The van der Waals surface area contributed by atoms with Crippen LogP contribution in [-0.2, 0) is 9.53 Å². The first-order valence-electron chi connectivity index (χ1n) is 12.3. The van der Waals surface area contributed by atoms with Gasteiger partial charge in [-0.3, -0.25) is 14.9 Å². The third kappa shape index (κ3) is 8.73. The Morgan fingerprint density at radius 3 is 2.36 bits per heavy atom.